The molecule has 0 aromatic heterocycles. The second kappa shape index (κ2) is 15.6. The van der Waals surface area contributed by atoms with Crippen LogP contribution in [0.3, 0.4) is 0 Å². The number of halogens is 1. The van der Waals surface area contributed by atoms with Crippen molar-refractivity contribution < 1.29 is 22.7 Å². The smallest absolute Gasteiger partial charge is 0.264 e. The first-order chi connectivity index (χ1) is 22.3. The van der Waals surface area contributed by atoms with Gasteiger partial charge in [0, 0.05) is 23.0 Å². The number of aryl methyl sites for hydroxylation is 1. The molecule has 4 rings (SSSR count). The van der Waals surface area contributed by atoms with Crippen molar-refractivity contribution in [2.75, 3.05) is 17.5 Å². The molecular weight excluding hydrogens is 678 g/mol. The summed E-state index contributed by atoms with van der Waals surface area (Å²) in [6, 6.07) is 29.1. The Morgan fingerprint density at radius 3 is 2.04 bits per heavy atom. The number of rotatable bonds is 13. The van der Waals surface area contributed by atoms with Crippen LogP contribution >= 0.6 is 15.9 Å². The number of amides is 2. The van der Waals surface area contributed by atoms with E-state index in [-0.39, 0.29) is 23.8 Å². The van der Waals surface area contributed by atoms with Gasteiger partial charge in [-0.3, -0.25) is 13.9 Å². The number of nitrogens with zero attached hydrogens (tertiary/aromatic N) is 2. The predicted molar refractivity (Wildman–Crippen MR) is 190 cm³/mol. The Bertz CT molecular complexity index is 1740. The highest BCUT2D eigenvalue weighted by atomic mass is 79.9. The van der Waals surface area contributed by atoms with Crippen LogP contribution in [-0.2, 0) is 32.6 Å². The highest BCUT2D eigenvalue weighted by molar-refractivity contribution is 9.10. The van der Waals surface area contributed by atoms with E-state index in [2.05, 4.69) is 21.2 Å². The lowest BCUT2D eigenvalue weighted by molar-refractivity contribution is -0.140. The molecular formula is C37H42BrN3O5S. The lowest BCUT2D eigenvalue weighted by Crippen LogP contribution is -2.56. The number of carbonyl (C=O) groups excluding carboxylic acids is 2. The summed E-state index contributed by atoms with van der Waals surface area (Å²) in [4.78, 5) is 30.1. The molecule has 0 aliphatic heterocycles. The molecule has 0 aliphatic rings. The SMILES string of the molecule is CCOc1ccc(S(=O)(=O)N(CC(=O)N(Cc2ccc(Br)cc2)C(Cc2ccccc2)C(=O)NC(C)(C)C)c2ccc(C)cc2)cc1. The Hall–Kier alpha value is -4.15. The summed E-state index contributed by atoms with van der Waals surface area (Å²) in [5.74, 6) is -0.310. The van der Waals surface area contributed by atoms with E-state index < -0.39 is 34.1 Å². The van der Waals surface area contributed by atoms with Crippen LogP contribution in [0.5, 0.6) is 5.75 Å². The third kappa shape index (κ3) is 9.92. The molecule has 1 unspecified atom stereocenters. The Morgan fingerprint density at radius 1 is 0.851 bits per heavy atom. The van der Waals surface area contributed by atoms with Crippen molar-refractivity contribution in [1.29, 1.82) is 0 Å². The zero-order chi connectivity index (χ0) is 34.2. The van der Waals surface area contributed by atoms with Crippen LogP contribution in [0.2, 0.25) is 0 Å². The van der Waals surface area contributed by atoms with Gasteiger partial charge in [-0.2, -0.15) is 0 Å². The van der Waals surface area contributed by atoms with Gasteiger partial charge in [0.15, 0.2) is 0 Å². The molecule has 4 aromatic rings. The molecule has 0 spiro atoms. The Kier molecular flexibility index (Phi) is 11.9. The lowest BCUT2D eigenvalue weighted by atomic mass is 10.0. The van der Waals surface area contributed by atoms with Crippen LogP contribution in [0.15, 0.2) is 112 Å². The van der Waals surface area contributed by atoms with Crippen LogP contribution in [0.4, 0.5) is 5.69 Å². The minimum absolute atomic E-state index is 0.0140. The van der Waals surface area contributed by atoms with Gasteiger partial charge < -0.3 is 15.0 Å². The third-order valence-corrected chi connectivity index (χ3v) is 9.68. The first-order valence-electron chi connectivity index (χ1n) is 15.5. The van der Waals surface area contributed by atoms with Crippen LogP contribution in [0.1, 0.15) is 44.4 Å². The molecule has 1 atom stereocenters. The fourth-order valence-electron chi connectivity index (χ4n) is 5.03. The van der Waals surface area contributed by atoms with Crippen molar-refractivity contribution in [3.05, 3.63) is 124 Å². The summed E-state index contributed by atoms with van der Waals surface area (Å²) in [7, 11) is -4.22. The van der Waals surface area contributed by atoms with Crippen LogP contribution in [0.25, 0.3) is 0 Å². The fraction of sp³-hybridized carbons (Fsp3) is 0.297. The van der Waals surface area contributed by atoms with Crippen LogP contribution in [0, 0.1) is 6.92 Å². The number of nitrogens with one attached hydrogen (secondary N) is 1. The minimum atomic E-state index is -4.22. The van der Waals surface area contributed by atoms with Crippen LogP contribution < -0.4 is 14.4 Å². The number of sulfonamides is 1. The third-order valence-electron chi connectivity index (χ3n) is 7.36. The molecule has 0 saturated carbocycles. The molecule has 0 aliphatic carbocycles. The average Bonchev–Trinajstić information content (AvgIpc) is 3.03. The second-order valence-electron chi connectivity index (χ2n) is 12.3. The van der Waals surface area contributed by atoms with Crippen molar-refractivity contribution >= 4 is 43.5 Å². The van der Waals surface area contributed by atoms with Crippen molar-refractivity contribution in [3.8, 4) is 5.75 Å². The molecule has 0 saturated heterocycles. The normalized spacial score (nSPS) is 12.2. The summed E-state index contributed by atoms with van der Waals surface area (Å²) in [6.07, 6.45) is 0.237. The van der Waals surface area contributed by atoms with Gasteiger partial charge in [0.1, 0.15) is 18.3 Å². The molecule has 1 N–H and O–H groups in total. The van der Waals surface area contributed by atoms with E-state index in [9.17, 15) is 18.0 Å². The van der Waals surface area contributed by atoms with Gasteiger partial charge in [-0.05, 0) is 94.3 Å². The molecule has 2 amide bonds. The van der Waals surface area contributed by atoms with Gasteiger partial charge in [0.05, 0.1) is 17.2 Å². The average molecular weight is 721 g/mol. The van der Waals surface area contributed by atoms with E-state index in [1.165, 1.54) is 17.0 Å². The van der Waals surface area contributed by atoms with Crippen LogP contribution in [-0.4, -0.2) is 49.9 Å². The minimum Gasteiger partial charge on any atom is -0.494 e. The van der Waals surface area contributed by atoms with Gasteiger partial charge in [-0.25, -0.2) is 8.42 Å². The topological polar surface area (TPSA) is 96.0 Å². The van der Waals surface area contributed by atoms with E-state index in [0.29, 0.717) is 18.0 Å². The van der Waals surface area contributed by atoms with Gasteiger partial charge in [-0.1, -0.05) is 76.1 Å². The van der Waals surface area contributed by atoms with Gasteiger partial charge in [0.25, 0.3) is 10.0 Å². The van der Waals surface area contributed by atoms with E-state index >= 15 is 0 Å². The summed E-state index contributed by atoms with van der Waals surface area (Å²) in [5.41, 5.74) is 2.37. The summed E-state index contributed by atoms with van der Waals surface area (Å²) in [5, 5.41) is 3.05. The Morgan fingerprint density at radius 2 is 1.47 bits per heavy atom. The summed E-state index contributed by atoms with van der Waals surface area (Å²) < 4.78 is 36.0. The van der Waals surface area contributed by atoms with Gasteiger partial charge in [0.2, 0.25) is 11.8 Å². The molecule has 4 aromatic carbocycles. The number of anilines is 1. The molecule has 0 bridgehead atoms. The summed E-state index contributed by atoms with van der Waals surface area (Å²) in [6.45, 7) is 9.41. The Labute approximate surface area is 286 Å². The summed E-state index contributed by atoms with van der Waals surface area (Å²) >= 11 is 3.46. The molecule has 0 fully saturated rings. The second-order valence-corrected chi connectivity index (χ2v) is 15.1. The maximum absolute atomic E-state index is 14.6. The van der Waals surface area contributed by atoms with E-state index in [4.69, 9.17) is 4.74 Å². The number of hydrogen-bond acceptors (Lipinski definition) is 5. The number of carbonyl (C=O) groups is 2. The quantitative estimate of drug-likeness (QED) is 0.162. The Balaban J connectivity index is 1.80. The highest BCUT2D eigenvalue weighted by Gasteiger charge is 2.35. The molecule has 0 heterocycles. The highest BCUT2D eigenvalue weighted by Crippen LogP contribution is 2.27. The lowest BCUT2D eigenvalue weighted by Gasteiger charge is -2.35. The zero-order valence-corrected chi connectivity index (χ0v) is 29.8. The number of benzene rings is 4. The first kappa shape index (κ1) is 35.7. The van der Waals surface area contributed by atoms with Gasteiger partial charge in [-0.15, -0.1) is 0 Å². The maximum atomic E-state index is 14.6. The van der Waals surface area contributed by atoms with Crippen molar-refractivity contribution in [1.82, 2.24) is 10.2 Å². The van der Waals surface area contributed by atoms with E-state index in [1.807, 2.05) is 89.2 Å². The van der Waals surface area contributed by atoms with Crippen molar-refractivity contribution in [3.63, 3.8) is 0 Å². The fourth-order valence-corrected chi connectivity index (χ4v) is 6.71. The first-order valence-corrected chi connectivity index (χ1v) is 17.7. The van der Waals surface area contributed by atoms with E-state index in [0.717, 1.165) is 25.5 Å². The van der Waals surface area contributed by atoms with Gasteiger partial charge >= 0.3 is 0 Å². The molecule has 10 heteroatoms. The monoisotopic (exact) mass is 719 g/mol. The number of hydrogen-bond donors (Lipinski definition) is 1. The molecule has 47 heavy (non-hydrogen) atoms. The standard InChI is InChI=1S/C37H42BrN3O5S/c1-6-46-32-20-22-33(23-21-32)47(44,45)41(31-18-12-27(2)13-19-31)26-35(42)40(25-29-14-16-30(38)17-15-29)34(36(43)39-37(3,4)5)24-28-10-8-7-9-11-28/h7-23,34H,6,24-26H2,1-5H3,(H,39,43). The molecule has 248 valence electrons. The zero-order valence-electron chi connectivity index (χ0n) is 27.4. The maximum Gasteiger partial charge on any atom is 0.264 e. The predicted octanol–water partition coefficient (Wildman–Crippen LogP) is 6.91. The number of ether oxygens (including phenoxy) is 1. The van der Waals surface area contributed by atoms with E-state index in [1.54, 1.807) is 36.4 Å². The molecule has 8 nitrogen and oxygen atoms in total. The largest absolute Gasteiger partial charge is 0.494 e. The molecule has 0 radical (unpaired) electrons. The van der Waals surface area contributed by atoms with Crippen molar-refractivity contribution in [2.45, 2.75) is 64.1 Å². The van der Waals surface area contributed by atoms with Crippen molar-refractivity contribution in [2.24, 2.45) is 0 Å².